The number of Topliss-reactive ketones (excluding diaryl/α,β-unsaturated/α-hetero) is 1. The van der Waals surface area contributed by atoms with Crippen LogP contribution in [0.15, 0.2) is 0 Å². The Morgan fingerprint density at radius 1 is 1.27 bits per heavy atom. The van der Waals surface area contributed by atoms with Gasteiger partial charge in [-0.1, -0.05) is 12.8 Å². The van der Waals surface area contributed by atoms with Crippen LogP contribution in [0, 0.1) is 5.92 Å². The van der Waals surface area contributed by atoms with Crippen molar-refractivity contribution in [3.8, 4) is 0 Å². The highest BCUT2D eigenvalue weighted by molar-refractivity contribution is 5.81. The van der Waals surface area contributed by atoms with E-state index in [4.69, 9.17) is 0 Å². The van der Waals surface area contributed by atoms with Gasteiger partial charge >= 0.3 is 6.36 Å². The zero-order valence-electron chi connectivity index (χ0n) is 8.48. The molecule has 0 aromatic heterocycles. The lowest BCUT2D eigenvalue weighted by Gasteiger charge is -2.13. The van der Waals surface area contributed by atoms with Crippen molar-refractivity contribution < 1.29 is 22.7 Å². The van der Waals surface area contributed by atoms with Gasteiger partial charge in [-0.05, 0) is 19.3 Å². The normalized spacial score (nSPS) is 23.9. The van der Waals surface area contributed by atoms with Gasteiger partial charge in [0.2, 0.25) is 0 Å². The summed E-state index contributed by atoms with van der Waals surface area (Å²) in [4.78, 5) is 11.4. The molecule has 0 heterocycles. The van der Waals surface area contributed by atoms with E-state index in [0.29, 0.717) is 12.8 Å². The SMILES string of the molecule is O=C1CCCCCC1CCOC(F)(F)F. The van der Waals surface area contributed by atoms with E-state index in [1.165, 1.54) is 0 Å². The minimum Gasteiger partial charge on any atom is -0.299 e. The van der Waals surface area contributed by atoms with Crippen LogP contribution in [-0.2, 0) is 9.53 Å². The minimum atomic E-state index is -4.58. The van der Waals surface area contributed by atoms with Crippen LogP contribution in [0.1, 0.15) is 38.5 Å². The number of ether oxygens (including phenoxy) is 1. The summed E-state index contributed by atoms with van der Waals surface area (Å²) >= 11 is 0. The van der Waals surface area contributed by atoms with Crippen molar-refractivity contribution in [3.63, 3.8) is 0 Å². The summed E-state index contributed by atoms with van der Waals surface area (Å²) in [5, 5.41) is 0. The third-order valence-corrected chi connectivity index (χ3v) is 2.66. The molecule has 88 valence electrons. The zero-order valence-corrected chi connectivity index (χ0v) is 8.48. The Bertz CT molecular complexity index is 213. The van der Waals surface area contributed by atoms with Crippen LogP contribution in [0.4, 0.5) is 13.2 Å². The molecule has 0 aromatic rings. The summed E-state index contributed by atoms with van der Waals surface area (Å²) in [5.41, 5.74) is 0. The van der Waals surface area contributed by atoms with Crippen LogP contribution >= 0.6 is 0 Å². The fourth-order valence-electron chi connectivity index (χ4n) is 1.85. The lowest BCUT2D eigenvalue weighted by Crippen LogP contribution is -2.19. The number of carbonyl (C=O) groups excluding carboxylic acids is 1. The van der Waals surface area contributed by atoms with E-state index in [1.807, 2.05) is 0 Å². The molecule has 0 bridgehead atoms. The lowest BCUT2D eigenvalue weighted by atomic mass is 9.96. The maximum Gasteiger partial charge on any atom is 0.522 e. The smallest absolute Gasteiger partial charge is 0.299 e. The van der Waals surface area contributed by atoms with Crippen molar-refractivity contribution in [1.82, 2.24) is 0 Å². The average molecular weight is 224 g/mol. The second-order valence-electron chi connectivity index (χ2n) is 3.85. The fourth-order valence-corrected chi connectivity index (χ4v) is 1.85. The van der Waals surface area contributed by atoms with Gasteiger partial charge in [0, 0.05) is 12.3 Å². The quantitative estimate of drug-likeness (QED) is 0.688. The summed E-state index contributed by atoms with van der Waals surface area (Å²) in [5.74, 6) is -0.131. The molecule has 1 aliphatic carbocycles. The predicted octanol–water partition coefficient (Wildman–Crippen LogP) is 3.06. The average Bonchev–Trinajstić information content (AvgIpc) is 2.30. The van der Waals surface area contributed by atoms with Gasteiger partial charge in [-0.25, -0.2) is 0 Å². The van der Waals surface area contributed by atoms with Crippen molar-refractivity contribution in [3.05, 3.63) is 0 Å². The van der Waals surface area contributed by atoms with E-state index < -0.39 is 13.0 Å². The number of hydrogen-bond donors (Lipinski definition) is 0. The zero-order chi connectivity index (χ0) is 11.3. The number of halogens is 3. The first-order chi connectivity index (χ1) is 6.99. The summed E-state index contributed by atoms with van der Waals surface area (Å²) in [6.07, 6.45) is -0.358. The Kier molecular flexibility index (Phi) is 4.57. The maximum atomic E-state index is 11.7. The highest BCUT2D eigenvalue weighted by atomic mass is 19.4. The molecule has 5 heteroatoms. The van der Waals surface area contributed by atoms with Crippen molar-refractivity contribution in [2.45, 2.75) is 44.9 Å². The summed E-state index contributed by atoms with van der Waals surface area (Å²) in [6.45, 7) is -0.403. The Balaban J connectivity index is 2.27. The topological polar surface area (TPSA) is 26.3 Å². The van der Waals surface area contributed by atoms with Crippen LogP contribution in [0.25, 0.3) is 0 Å². The summed E-state index contributed by atoms with van der Waals surface area (Å²) in [6, 6.07) is 0. The molecule has 0 saturated heterocycles. The molecule has 0 radical (unpaired) electrons. The van der Waals surface area contributed by atoms with Gasteiger partial charge in [-0.2, -0.15) is 0 Å². The van der Waals surface area contributed by atoms with Crippen molar-refractivity contribution in [1.29, 1.82) is 0 Å². The minimum absolute atomic E-state index is 0.0956. The highest BCUT2D eigenvalue weighted by Gasteiger charge is 2.30. The van der Waals surface area contributed by atoms with Gasteiger partial charge in [0.1, 0.15) is 5.78 Å². The van der Waals surface area contributed by atoms with E-state index in [-0.39, 0.29) is 18.1 Å². The van der Waals surface area contributed by atoms with Crippen LogP contribution in [0.3, 0.4) is 0 Å². The van der Waals surface area contributed by atoms with Gasteiger partial charge < -0.3 is 0 Å². The predicted molar refractivity (Wildman–Crippen MR) is 48.2 cm³/mol. The molecule has 0 aliphatic heterocycles. The number of alkyl halides is 3. The van der Waals surface area contributed by atoms with Gasteiger partial charge in [-0.3, -0.25) is 9.53 Å². The van der Waals surface area contributed by atoms with Crippen molar-refractivity contribution in [2.24, 2.45) is 5.92 Å². The van der Waals surface area contributed by atoms with Crippen molar-refractivity contribution >= 4 is 5.78 Å². The highest BCUT2D eigenvalue weighted by Crippen LogP contribution is 2.24. The number of carbonyl (C=O) groups is 1. The van der Waals surface area contributed by atoms with Crippen LogP contribution in [-0.4, -0.2) is 18.8 Å². The van der Waals surface area contributed by atoms with Crippen molar-refractivity contribution in [2.75, 3.05) is 6.61 Å². The van der Waals surface area contributed by atoms with E-state index in [0.717, 1.165) is 19.3 Å². The van der Waals surface area contributed by atoms with E-state index in [9.17, 15) is 18.0 Å². The van der Waals surface area contributed by atoms with Gasteiger partial charge in [0.05, 0.1) is 6.61 Å². The Morgan fingerprint density at radius 2 is 2.00 bits per heavy atom. The third-order valence-electron chi connectivity index (χ3n) is 2.66. The molecule has 15 heavy (non-hydrogen) atoms. The Hall–Kier alpha value is -0.580. The standard InChI is InChI=1S/C10H15F3O2/c11-10(12,13)15-7-6-8-4-2-1-3-5-9(8)14/h8H,1-7H2. The van der Waals surface area contributed by atoms with E-state index in [1.54, 1.807) is 0 Å². The molecule has 0 spiro atoms. The maximum absolute atomic E-state index is 11.7. The molecule has 0 aromatic carbocycles. The second kappa shape index (κ2) is 5.49. The molecule has 1 saturated carbocycles. The Labute approximate surface area is 86.8 Å². The molecule has 1 aliphatic rings. The molecule has 1 unspecified atom stereocenters. The molecular formula is C10H15F3O2. The van der Waals surface area contributed by atoms with Crippen LogP contribution in [0.2, 0.25) is 0 Å². The summed E-state index contributed by atoms with van der Waals surface area (Å²) < 4.78 is 38.7. The van der Waals surface area contributed by atoms with Gasteiger partial charge in [0.25, 0.3) is 0 Å². The fraction of sp³-hybridized carbons (Fsp3) is 0.900. The summed E-state index contributed by atoms with van der Waals surface area (Å²) in [7, 11) is 0. The molecule has 1 fully saturated rings. The third kappa shape index (κ3) is 5.16. The molecule has 1 rings (SSSR count). The first-order valence-corrected chi connectivity index (χ1v) is 5.22. The molecule has 1 atom stereocenters. The lowest BCUT2D eigenvalue weighted by molar-refractivity contribution is -0.325. The number of rotatable bonds is 3. The molecule has 2 nitrogen and oxygen atoms in total. The Morgan fingerprint density at radius 3 is 2.67 bits per heavy atom. The molecule has 0 amide bonds. The first-order valence-electron chi connectivity index (χ1n) is 5.22. The van der Waals surface area contributed by atoms with E-state index in [2.05, 4.69) is 4.74 Å². The van der Waals surface area contributed by atoms with Gasteiger partial charge in [0.15, 0.2) is 0 Å². The first kappa shape index (κ1) is 12.5. The van der Waals surface area contributed by atoms with E-state index >= 15 is 0 Å². The second-order valence-corrected chi connectivity index (χ2v) is 3.85. The van der Waals surface area contributed by atoms with Gasteiger partial charge in [-0.15, -0.1) is 13.2 Å². The number of hydrogen-bond acceptors (Lipinski definition) is 2. The van der Waals surface area contributed by atoms with Crippen LogP contribution in [0.5, 0.6) is 0 Å². The monoisotopic (exact) mass is 224 g/mol. The molecular weight excluding hydrogens is 209 g/mol. The largest absolute Gasteiger partial charge is 0.522 e. The van der Waals surface area contributed by atoms with Crippen LogP contribution < -0.4 is 0 Å². The molecule has 0 N–H and O–H groups in total. The number of ketones is 1.